The molecule has 168 valence electrons. The first kappa shape index (κ1) is 24.1. The summed E-state index contributed by atoms with van der Waals surface area (Å²) in [6.07, 6.45) is 1.44. The number of halogens is 3. The van der Waals surface area contributed by atoms with Gasteiger partial charge in [-0.2, -0.15) is 4.39 Å². The summed E-state index contributed by atoms with van der Waals surface area (Å²) >= 11 is 0. The van der Waals surface area contributed by atoms with Crippen LogP contribution in [0.2, 0.25) is 0 Å². The van der Waals surface area contributed by atoms with E-state index in [2.05, 4.69) is 10.3 Å². The number of rotatable bonds is 9. The third-order valence-corrected chi connectivity index (χ3v) is 4.70. The molecule has 10 heteroatoms. The fourth-order valence-electron chi connectivity index (χ4n) is 2.53. The van der Waals surface area contributed by atoms with Crippen molar-refractivity contribution in [3.05, 3.63) is 53.0 Å². The lowest BCUT2D eigenvalue weighted by molar-refractivity contribution is -0.142. The summed E-state index contributed by atoms with van der Waals surface area (Å²) in [4.78, 5) is 29.2. The van der Waals surface area contributed by atoms with Crippen molar-refractivity contribution in [1.82, 2.24) is 10.3 Å². The zero-order chi connectivity index (χ0) is 23.3. The first-order chi connectivity index (χ1) is 14.5. The number of nitrogens with two attached hydrogens (primary N) is 1. The number of aryl methyl sites for hydroxylation is 1. The normalized spacial score (nSPS) is 12.4. The SMILES string of the molecule is COC(C)(C)C(=O)NC(Cc1ccc(N)nc1)C(=O)COc1c(F)c(C)cc(F)c1F. The van der Waals surface area contributed by atoms with Crippen LogP contribution in [0.15, 0.2) is 24.4 Å². The van der Waals surface area contributed by atoms with Gasteiger partial charge in [0.05, 0.1) is 6.04 Å². The highest BCUT2D eigenvalue weighted by Crippen LogP contribution is 2.27. The molecule has 0 bridgehead atoms. The molecule has 1 amide bonds. The molecule has 1 atom stereocenters. The van der Waals surface area contributed by atoms with Crippen molar-refractivity contribution >= 4 is 17.5 Å². The summed E-state index contributed by atoms with van der Waals surface area (Å²) in [5, 5.41) is 2.55. The molecule has 1 aromatic carbocycles. The molecular weight excluding hydrogens is 415 g/mol. The van der Waals surface area contributed by atoms with Gasteiger partial charge >= 0.3 is 0 Å². The number of nitrogens with zero attached hydrogens (tertiary/aromatic N) is 1. The van der Waals surface area contributed by atoms with Crippen LogP contribution in [-0.4, -0.2) is 42.0 Å². The predicted octanol–water partition coefficient (Wildman–Crippen LogP) is 2.49. The fourth-order valence-corrected chi connectivity index (χ4v) is 2.53. The van der Waals surface area contributed by atoms with Crippen molar-refractivity contribution in [2.75, 3.05) is 19.5 Å². The van der Waals surface area contributed by atoms with Gasteiger partial charge in [-0.3, -0.25) is 9.59 Å². The standard InChI is InChI=1S/C21H24F3N3O4/c1-11-7-13(22)18(24)19(17(11)23)31-10-15(28)14(27-20(29)21(2,3)30-4)8-12-5-6-16(25)26-9-12/h5-7,9,14H,8,10H2,1-4H3,(H2,25,26)(H,27,29). The van der Waals surface area contributed by atoms with Crippen LogP contribution < -0.4 is 15.8 Å². The van der Waals surface area contributed by atoms with E-state index in [0.717, 1.165) is 0 Å². The molecule has 0 saturated carbocycles. The van der Waals surface area contributed by atoms with Crippen molar-refractivity contribution in [2.45, 2.75) is 38.8 Å². The van der Waals surface area contributed by atoms with Crippen LogP contribution >= 0.6 is 0 Å². The van der Waals surface area contributed by atoms with Crippen LogP contribution in [0.4, 0.5) is 19.0 Å². The number of aromatic nitrogens is 1. The number of carbonyl (C=O) groups excluding carboxylic acids is 2. The van der Waals surface area contributed by atoms with Crippen LogP contribution in [0.3, 0.4) is 0 Å². The highest BCUT2D eigenvalue weighted by atomic mass is 19.2. The number of nitrogens with one attached hydrogen (secondary N) is 1. The molecule has 0 aliphatic rings. The number of ketones is 1. The number of methoxy groups -OCH3 is 1. The Kier molecular flexibility index (Phi) is 7.61. The first-order valence-electron chi connectivity index (χ1n) is 9.32. The average Bonchev–Trinajstić information content (AvgIpc) is 2.73. The number of benzene rings is 1. The summed E-state index contributed by atoms with van der Waals surface area (Å²) in [5.41, 5.74) is 4.70. The minimum Gasteiger partial charge on any atom is -0.480 e. The molecule has 0 aliphatic carbocycles. The minimum atomic E-state index is -1.54. The van der Waals surface area contributed by atoms with E-state index in [4.69, 9.17) is 15.2 Å². The van der Waals surface area contributed by atoms with E-state index >= 15 is 0 Å². The summed E-state index contributed by atoms with van der Waals surface area (Å²) in [6, 6.07) is 2.69. The molecule has 1 unspecified atom stereocenters. The Morgan fingerprint density at radius 2 is 1.90 bits per heavy atom. The molecular formula is C21H24F3N3O4. The van der Waals surface area contributed by atoms with E-state index in [9.17, 15) is 22.8 Å². The van der Waals surface area contributed by atoms with E-state index in [0.29, 0.717) is 11.6 Å². The highest BCUT2D eigenvalue weighted by Gasteiger charge is 2.32. The van der Waals surface area contributed by atoms with E-state index in [1.165, 1.54) is 40.1 Å². The summed E-state index contributed by atoms with van der Waals surface area (Å²) < 4.78 is 51.7. The van der Waals surface area contributed by atoms with E-state index in [-0.39, 0.29) is 17.8 Å². The predicted molar refractivity (Wildman–Crippen MR) is 107 cm³/mol. The summed E-state index contributed by atoms with van der Waals surface area (Å²) in [5.74, 6) is -5.97. The van der Waals surface area contributed by atoms with E-state index in [1.807, 2.05) is 0 Å². The molecule has 3 N–H and O–H groups in total. The molecule has 0 saturated heterocycles. The van der Waals surface area contributed by atoms with Crippen LogP contribution in [0.1, 0.15) is 25.0 Å². The van der Waals surface area contributed by atoms with Crippen molar-refractivity contribution in [3.63, 3.8) is 0 Å². The quantitative estimate of drug-likeness (QED) is 0.582. The lowest BCUT2D eigenvalue weighted by Crippen LogP contribution is -2.52. The fraction of sp³-hybridized carbons (Fsp3) is 0.381. The van der Waals surface area contributed by atoms with Crippen molar-refractivity contribution < 1.29 is 32.2 Å². The van der Waals surface area contributed by atoms with Gasteiger partial charge < -0.3 is 20.5 Å². The second kappa shape index (κ2) is 9.78. The van der Waals surface area contributed by atoms with Crippen molar-refractivity contribution in [2.24, 2.45) is 0 Å². The molecule has 2 rings (SSSR count). The number of hydrogen-bond donors (Lipinski definition) is 2. The number of amides is 1. The Morgan fingerprint density at radius 1 is 1.23 bits per heavy atom. The van der Waals surface area contributed by atoms with Crippen molar-refractivity contribution in [1.29, 1.82) is 0 Å². The van der Waals surface area contributed by atoms with Crippen LogP contribution in [0.25, 0.3) is 0 Å². The van der Waals surface area contributed by atoms with Gasteiger partial charge in [0, 0.05) is 19.7 Å². The highest BCUT2D eigenvalue weighted by molar-refractivity contribution is 5.92. The second-order valence-corrected chi connectivity index (χ2v) is 7.42. The summed E-state index contributed by atoms with van der Waals surface area (Å²) in [7, 11) is 1.33. The number of pyridine rings is 1. The largest absolute Gasteiger partial charge is 0.480 e. The maximum Gasteiger partial charge on any atom is 0.252 e. The van der Waals surface area contributed by atoms with Gasteiger partial charge in [-0.15, -0.1) is 0 Å². The lowest BCUT2D eigenvalue weighted by atomic mass is 10.0. The Morgan fingerprint density at radius 3 is 2.48 bits per heavy atom. The van der Waals surface area contributed by atoms with Gasteiger partial charge in [-0.05, 0) is 44.0 Å². The molecule has 0 spiro atoms. The molecule has 2 aromatic rings. The number of Topliss-reactive ketones (excluding diaryl/α,β-unsaturated/α-hetero) is 1. The first-order valence-corrected chi connectivity index (χ1v) is 9.32. The molecule has 1 heterocycles. The van der Waals surface area contributed by atoms with Crippen LogP contribution in [0, 0.1) is 24.4 Å². The average molecular weight is 439 g/mol. The Hall–Kier alpha value is -3.14. The number of carbonyl (C=O) groups is 2. The Labute approximate surface area is 177 Å². The number of hydrogen-bond acceptors (Lipinski definition) is 6. The van der Waals surface area contributed by atoms with Gasteiger partial charge in [0.15, 0.2) is 23.2 Å². The van der Waals surface area contributed by atoms with Gasteiger partial charge in [0.25, 0.3) is 5.91 Å². The molecule has 0 aliphatic heterocycles. The number of ether oxygens (including phenoxy) is 2. The van der Waals surface area contributed by atoms with Gasteiger partial charge in [-0.25, -0.2) is 13.8 Å². The third kappa shape index (κ3) is 5.94. The third-order valence-electron chi connectivity index (χ3n) is 4.70. The maximum absolute atomic E-state index is 14.1. The molecule has 0 fully saturated rings. The smallest absolute Gasteiger partial charge is 0.252 e. The van der Waals surface area contributed by atoms with Crippen LogP contribution in [-0.2, 0) is 20.7 Å². The van der Waals surface area contributed by atoms with Gasteiger partial charge in [-0.1, -0.05) is 6.07 Å². The van der Waals surface area contributed by atoms with Gasteiger partial charge in [0.2, 0.25) is 5.82 Å². The zero-order valence-corrected chi connectivity index (χ0v) is 17.6. The van der Waals surface area contributed by atoms with E-state index in [1.54, 1.807) is 6.07 Å². The second-order valence-electron chi connectivity index (χ2n) is 7.42. The summed E-state index contributed by atoms with van der Waals surface area (Å²) in [6.45, 7) is 3.44. The van der Waals surface area contributed by atoms with Crippen molar-refractivity contribution in [3.8, 4) is 5.75 Å². The monoisotopic (exact) mass is 439 g/mol. The zero-order valence-electron chi connectivity index (χ0n) is 17.6. The number of nitrogen functional groups attached to an aromatic ring is 1. The van der Waals surface area contributed by atoms with Gasteiger partial charge in [0.1, 0.15) is 18.0 Å². The minimum absolute atomic E-state index is 0.00809. The molecule has 31 heavy (non-hydrogen) atoms. The molecule has 7 nitrogen and oxygen atoms in total. The van der Waals surface area contributed by atoms with Crippen LogP contribution in [0.5, 0.6) is 5.75 Å². The molecule has 0 radical (unpaired) electrons. The topological polar surface area (TPSA) is 104 Å². The maximum atomic E-state index is 14.1. The molecule has 1 aromatic heterocycles. The van der Waals surface area contributed by atoms with E-state index < -0.39 is 53.1 Å². The Bertz CT molecular complexity index is 939. The lowest BCUT2D eigenvalue weighted by Gasteiger charge is -2.26. The Balaban J connectivity index is 2.23. The number of anilines is 1.